The topological polar surface area (TPSA) is 13.0 Å². The first kappa shape index (κ1) is 80.6. The second kappa shape index (κ2) is 34.3. The third kappa shape index (κ3) is 15.2. The van der Waals surface area contributed by atoms with Gasteiger partial charge in [0, 0.05) is 22.7 Å². The summed E-state index contributed by atoms with van der Waals surface area (Å²) >= 11 is 0. The van der Waals surface area contributed by atoms with E-state index >= 15 is 0 Å². The summed E-state index contributed by atoms with van der Waals surface area (Å²) in [5.74, 6) is 0. The van der Waals surface area contributed by atoms with Gasteiger partial charge in [0.1, 0.15) is 0 Å². The van der Waals surface area contributed by atoms with Crippen molar-refractivity contribution in [3.63, 3.8) is 0 Å². The van der Waals surface area contributed by atoms with Gasteiger partial charge in [-0.3, -0.25) is 0 Å². The number of benzene rings is 13. The minimum Gasteiger partial charge on any atom is -1.00 e. The Morgan fingerprint density at radius 1 is 0.330 bits per heavy atom. The molecule has 8 heteroatoms. The number of nitrogens with zero attached hydrogens (tertiary/aromatic N) is 4. The summed E-state index contributed by atoms with van der Waals surface area (Å²) in [7, 11) is 0. The van der Waals surface area contributed by atoms with Crippen LogP contribution in [0.4, 0.5) is 45.5 Å². The van der Waals surface area contributed by atoms with E-state index in [1.165, 1.54) is 244 Å². The molecule has 13 aromatic carbocycles. The van der Waals surface area contributed by atoms with Gasteiger partial charge in [-0.15, -0.1) is 0 Å². The Bertz CT molecular complexity index is 5870. The van der Waals surface area contributed by atoms with E-state index in [0.29, 0.717) is 0 Å². The summed E-state index contributed by atoms with van der Waals surface area (Å²) in [6.45, 7) is 29.6. The molecule has 0 aromatic heterocycles. The van der Waals surface area contributed by atoms with Crippen molar-refractivity contribution in [3.05, 3.63) is 336 Å². The Kier molecular flexibility index (Phi) is 24.1. The molecule has 4 unspecified atom stereocenters. The molecule has 4 atom stereocenters. The standard InChI is InChI=1S/C58H58B2N2.C40H40N2.C9H11.BrH.Mg/c1-9-11-17-41-23-25-49-47(31-41)59(53-37(5)27-35(3)28-38(53)6)55-45-21-15-13-19-43(45)34-52-57(55)61(49)51-33-44-20-14-16-22-46(44)56-58(51)62(52)50-26-24-42(18-12-10-2)32-48(50)60(56)54-39(7)29-36(4)30-40(54)8;1-3-5-11-29-17-21-35(22-18-29)41-37-25-31-13-7-9-15-33(31)27-39(37)42(36-23-19-30(20-24-36)12-6-4-2)40-28-34-16-10-8-14-32(34)26-38(40)41;1-7-4-8(2)6-9(3)5-7;;/h13-16,19-34,51,58H,9-12,17-18H2,1-8H3;7-10,13-28,37,39H,3-6,11-12H2,1-2H3;4-5H,1-3H3;1H;/q;;-1;;+2/p-1. The second-order valence-corrected chi connectivity index (χ2v) is 33.7. The van der Waals surface area contributed by atoms with Crippen LogP contribution in [-0.2, 0) is 25.7 Å². The molecule has 0 spiro atoms. The van der Waals surface area contributed by atoms with Gasteiger partial charge in [-0.2, -0.15) is 34.9 Å². The Morgan fingerprint density at radius 3 is 1.21 bits per heavy atom. The van der Waals surface area contributed by atoms with Crippen LogP contribution in [0, 0.1) is 68.4 Å². The quantitative estimate of drug-likeness (QED) is 0.0706. The van der Waals surface area contributed by atoms with Gasteiger partial charge in [0.2, 0.25) is 13.4 Å². The summed E-state index contributed by atoms with van der Waals surface area (Å²) in [4.78, 5) is 10.8. The van der Waals surface area contributed by atoms with Crippen LogP contribution in [0.25, 0.3) is 45.2 Å². The van der Waals surface area contributed by atoms with E-state index in [0.717, 1.165) is 25.7 Å². The Morgan fingerprint density at radius 2 is 0.722 bits per heavy atom. The number of hydrogen-bond donors (Lipinski definition) is 0. The van der Waals surface area contributed by atoms with Crippen LogP contribution in [0.2, 0.25) is 0 Å². The average molecular weight is 1580 g/mol. The zero-order valence-corrected chi connectivity index (χ0v) is 73.1. The van der Waals surface area contributed by atoms with Gasteiger partial charge in [-0.1, -0.05) is 312 Å². The molecular formula is C107H109B2BrMgN4. The van der Waals surface area contributed by atoms with Crippen molar-refractivity contribution in [2.24, 2.45) is 0 Å². The van der Waals surface area contributed by atoms with Crippen molar-refractivity contribution in [3.8, 4) is 0 Å². The molecule has 0 N–H and O–H groups in total. The van der Waals surface area contributed by atoms with Gasteiger partial charge in [0.25, 0.3) is 0 Å². The molecule has 0 amide bonds. The van der Waals surface area contributed by atoms with Crippen molar-refractivity contribution < 1.29 is 17.0 Å². The van der Waals surface area contributed by atoms with Gasteiger partial charge >= 0.3 is 23.1 Å². The van der Waals surface area contributed by atoms with Gasteiger partial charge in [0.15, 0.2) is 0 Å². The zero-order valence-electron chi connectivity index (χ0n) is 70.1. The minimum atomic E-state index is 0. The number of halogens is 1. The van der Waals surface area contributed by atoms with Gasteiger partial charge in [-0.05, 0) is 229 Å². The molecule has 572 valence electrons. The molecule has 0 fully saturated rings. The first-order valence-electron chi connectivity index (χ1n) is 42.5. The van der Waals surface area contributed by atoms with Crippen LogP contribution < -0.4 is 84.8 Å². The number of unbranched alkanes of at least 4 members (excludes halogenated alkanes) is 4. The Hall–Kier alpha value is -9.56. The fraction of sp³-hybridized carbons (Fsp3) is 0.271. The molecule has 0 bridgehead atoms. The van der Waals surface area contributed by atoms with Crippen LogP contribution in [0.15, 0.2) is 237 Å². The predicted molar refractivity (Wildman–Crippen MR) is 496 cm³/mol. The third-order valence-electron chi connectivity index (χ3n) is 25.4. The molecule has 0 saturated heterocycles. The van der Waals surface area contributed by atoms with Crippen molar-refractivity contribution in [1.82, 2.24) is 0 Å². The molecule has 115 heavy (non-hydrogen) atoms. The first-order chi connectivity index (χ1) is 55.1. The second-order valence-electron chi connectivity index (χ2n) is 33.7. The van der Waals surface area contributed by atoms with E-state index < -0.39 is 0 Å². The van der Waals surface area contributed by atoms with Crippen LogP contribution in [0.5, 0.6) is 0 Å². The number of anilines is 8. The van der Waals surface area contributed by atoms with E-state index in [1.807, 2.05) is 0 Å². The summed E-state index contributed by atoms with van der Waals surface area (Å²) < 4.78 is 0. The van der Waals surface area contributed by atoms with Crippen LogP contribution in [-0.4, -0.2) is 60.6 Å². The third-order valence-corrected chi connectivity index (χ3v) is 25.4. The van der Waals surface area contributed by atoms with E-state index in [2.05, 4.69) is 370 Å². The summed E-state index contributed by atoms with van der Waals surface area (Å²) in [5, 5.41) is 10.6. The maximum absolute atomic E-state index is 3.21. The van der Waals surface area contributed by atoms with Crippen LogP contribution >= 0.6 is 0 Å². The van der Waals surface area contributed by atoms with E-state index in [9.17, 15) is 0 Å². The molecule has 19 rings (SSSR count). The van der Waals surface area contributed by atoms with Gasteiger partial charge in [-0.25, -0.2) is 0 Å². The molecule has 13 aromatic rings. The normalized spacial score (nSPS) is 16.1. The molecule has 4 heterocycles. The average Bonchev–Trinajstić information content (AvgIpc) is 0.670. The molecule has 2 aliphatic carbocycles. The van der Waals surface area contributed by atoms with Crippen LogP contribution in [0.3, 0.4) is 0 Å². The van der Waals surface area contributed by atoms with Crippen molar-refractivity contribution >= 4 is 155 Å². The van der Waals surface area contributed by atoms with E-state index in [1.54, 1.807) is 0 Å². The Balaban J connectivity index is 0.000000169. The SMILES string of the molecule is CCCCc1ccc(N2c3cc4ccccc4cc3N(c3ccc(CCCC)cc3)C3C=c4ccccc4=CC32)cc1.CCCCc1ccc2c(c1)B(c1c(C)cc(C)cc1C)c1c3c(cc4ccccc14)N1c4ccc(CCCC)cc4B(c4c(C)cc(C)cc4C)C4=c5ccccc5=CC(C41)N23.Cc1[c-]c(C)cc(C)c1.[Br-].[Mg+2]. The summed E-state index contributed by atoms with van der Waals surface area (Å²) in [6.07, 6.45) is 21.8. The molecule has 4 nitrogen and oxygen atoms in total. The van der Waals surface area contributed by atoms with E-state index in [4.69, 9.17) is 0 Å². The maximum Gasteiger partial charge on any atom is 2.00 e. The smallest absolute Gasteiger partial charge is 1.00 e. The molecular weight excluding hydrogens is 1470 g/mol. The van der Waals surface area contributed by atoms with Crippen molar-refractivity contribution in [1.29, 1.82) is 0 Å². The van der Waals surface area contributed by atoms with Crippen LogP contribution in [0.1, 0.15) is 151 Å². The molecule has 6 aliphatic rings. The molecule has 0 radical (unpaired) electrons. The summed E-state index contributed by atoms with van der Waals surface area (Å²) in [5.41, 5.74) is 37.0. The van der Waals surface area contributed by atoms with Gasteiger partial charge in [0.05, 0.1) is 46.9 Å². The largest absolute Gasteiger partial charge is 2.00 e. The number of aryl methyl sites for hydroxylation is 13. The Labute approximate surface area is 712 Å². The zero-order chi connectivity index (χ0) is 77.9. The van der Waals surface area contributed by atoms with Crippen molar-refractivity contribution in [2.45, 2.75) is 191 Å². The summed E-state index contributed by atoms with van der Waals surface area (Å²) in [6, 6.07) is 95.1. The first-order valence-corrected chi connectivity index (χ1v) is 42.5. The fourth-order valence-electron chi connectivity index (χ4n) is 20.6. The number of fused-ring (bicyclic) bond motifs is 13. The minimum absolute atomic E-state index is 0. The maximum atomic E-state index is 3.21. The number of hydrogen-bond acceptors (Lipinski definition) is 4. The fourth-order valence-corrected chi connectivity index (χ4v) is 20.6. The molecule has 0 saturated carbocycles. The molecule has 4 aliphatic heterocycles. The van der Waals surface area contributed by atoms with E-state index in [-0.39, 0.29) is 77.6 Å². The predicted octanol–water partition coefficient (Wildman–Crippen LogP) is 16.9. The monoisotopic (exact) mass is 1570 g/mol. The number of rotatable bonds is 16. The van der Waals surface area contributed by atoms with Crippen molar-refractivity contribution in [2.75, 3.05) is 19.6 Å². The van der Waals surface area contributed by atoms with Gasteiger partial charge < -0.3 is 36.6 Å².